The molecule has 0 radical (unpaired) electrons. The normalized spacial score (nSPS) is 27.2. The maximum absolute atomic E-state index is 14.6. The van der Waals surface area contributed by atoms with Gasteiger partial charge < -0.3 is 10.2 Å². The van der Waals surface area contributed by atoms with Gasteiger partial charge in [-0.1, -0.05) is 32.9 Å². The summed E-state index contributed by atoms with van der Waals surface area (Å²) >= 11 is 0. The van der Waals surface area contributed by atoms with Crippen molar-refractivity contribution in [2.45, 2.75) is 89.0 Å². The number of benzene rings is 1. The van der Waals surface area contributed by atoms with Crippen LogP contribution >= 0.6 is 0 Å². The summed E-state index contributed by atoms with van der Waals surface area (Å²) in [5, 5.41) is 3.08. The second kappa shape index (κ2) is 7.05. The van der Waals surface area contributed by atoms with Crippen LogP contribution in [0.4, 0.5) is 4.39 Å². The molecule has 0 atom stereocenters. The van der Waals surface area contributed by atoms with Crippen LogP contribution in [0.3, 0.4) is 0 Å². The highest BCUT2D eigenvalue weighted by Gasteiger charge is 2.53. The van der Waals surface area contributed by atoms with E-state index in [-0.39, 0.29) is 39.9 Å². The third-order valence-corrected chi connectivity index (χ3v) is 8.66. The highest BCUT2D eigenvalue weighted by atomic mass is 19.1. The molecule has 2 saturated heterocycles. The van der Waals surface area contributed by atoms with Crippen LogP contribution in [0, 0.1) is 17.2 Å². The van der Waals surface area contributed by atoms with E-state index in [1.807, 2.05) is 11.0 Å². The van der Waals surface area contributed by atoms with E-state index >= 15 is 0 Å². The summed E-state index contributed by atoms with van der Waals surface area (Å²) in [6.07, 6.45) is 7.25. The zero-order valence-corrected chi connectivity index (χ0v) is 19.1. The second-order valence-electron chi connectivity index (χ2n) is 11.9. The molecular formula is C26H35FN2O2. The van der Waals surface area contributed by atoms with Crippen molar-refractivity contribution in [1.29, 1.82) is 0 Å². The Morgan fingerprint density at radius 1 is 1.10 bits per heavy atom. The lowest BCUT2D eigenvalue weighted by atomic mass is 9.55. The van der Waals surface area contributed by atoms with Crippen molar-refractivity contribution in [2.75, 3.05) is 13.1 Å². The average Bonchev–Trinajstić information content (AvgIpc) is 3.06. The molecule has 0 bridgehead atoms. The molecule has 5 rings (SSSR count). The minimum Gasteiger partial charge on any atom is -0.351 e. The molecule has 2 aliphatic carbocycles. The number of nitrogens with one attached hydrogen (secondary N) is 1. The van der Waals surface area contributed by atoms with Gasteiger partial charge in [-0.25, -0.2) is 4.39 Å². The average molecular weight is 427 g/mol. The number of carbonyl (C=O) groups is 2. The van der Waals surface area contributed by atoms with Crippen molar-refractivity contribution in [3.63, 3.8) is 0 Å². The Kier molecular flexibility index (Phi) is 4.76. The van der Waals surface area contributed by atoms with Crippen molar-refractivity contribution >= 4 is 11.8 Å². The van der Waals surface area contributed by atoms with Gasteiger partial charge in [-0.05, 0) is 78.9 Å². The quantitative estimate of drug-likeness (QED) is 0.747. The van der Waals surface area contributed by atoms with E-state index < -0.39 is 0 Å². The highest BCUT2D eigenvalue weighted by Crippen LogP contribution is 2.57. The molecule has 1 aromatic rings. The Hall–Kier alpha value is -1.91. The number of amides is 2. The van der Waals surface area contributed by atoms with Crippen LogP contribution in [0.5, 0.6) is 0 Å². The smallest absolute Gasteiger partial charge is 0.225 e. The number of halogens is 1. The summed E-state index contributed by atoms with van der Waals surface area (Å²) in [6, 6.07) is 5.64. The van der Waals surface area contributed by atoms with Crippen molar-refractivity contribution in [1.82, 2.24) is 10.2 Å². The molecule has 1 N–H and O–H groups in total. The zero-order chi connectivity index (χ0) is 22.0. The van der Waals surface area contributed by atoms with E-state index in [2.05, 4.69) is 32.2 Å². The SMILES string of the molecule is CC(C)(C)c1ccc(F)c(C2CC3(CCN(C(=O)[C@H]4C[C@]5(CCC(=O)N5)C4)CC3)C2)c1. The van der Waals surface area contributed by atoms with Gasteiger partial charge in [0.15, 0.2) is 0 Å². The summed E-state index contributed by atoms with van der Waals surface area (Å²) in [4.78, 5) is 26.5. The molecule has 4 nitrogen and oxygen atoms in total. The standard InChI is InChI=1S/C26H35FN2O2/c1-24(2,3)19-4-5-21(27)20(12-19)17-13-25(14-17)8-10-29(11-9-25)23(31)18-15-26(16-18)7-6-22(30)28-26/h4-5,12,17-18H,6-11,13-16H2,1-3H3,(H,28,30)/t18-,26+. The third kappa shape index (κ3) is 3.68. The molecule has 1 aromatic carbocycles. The lowest BCUT2D eigenvalue weighted by Crippen LogP contribution is -2.58. The number of nitrogens with zero attached hydrogens (tertiary/aromatic N) is 1. The molecule has 0 aromatic heterocycles. The van der Waals surface area contributed by atoms with Crippen LogP contribution < -0.4 is 5.32 Å². The van der Waals surface area contributed by atoms with Gasteiger partial charge >= 0.3 is 0 Å². The van der Waals surface area contributed by atoms with Crippen LogP contribution in [0.15, 0.2) is 18.2 Å². The monoisotopic (exact) mass is 426 g/mol. The van der Waals surface area contributed by atoms with Crippen LogP contribution in [0.1, 0.15) is 89.2 Å². The second-order valence-corrected chi connectivity index (χ2v) is 11.9. The van der Waals surface area contributed by atoms with E-state index in [0.717, 1.165) is 63.6 Å². The van der Waals surface area contributed by atoms with E-state index in [9.17, 15) is 14.0 Å². The maximum atomic E-state index is 14.6. The fraction of sp³-hybridized carbons (Fsp3) is 0.692. The molecule has 5 heteroatoms. The highest BCUT2D eigenvalue weighted by molar-refractivity contribution is 5.83. The molecule has 2 spiro atoms. The molecule has 4 fully saturated rings. The number of hydrogen-bond donors (Lipinski definition) is 1. The summed E-state index contributed by atoms with van der Waals surface area (Å²) in [6.45, 7) is 8.16. The summed E-state index contributed by atoms with van der Waals surface area (Å²) in [5.41, 5.74) is 2.31. The lowest BCUT2D eigenvalue weighted by molar-refractivity contribution is -0.145. The van der Waals surface area contributed by atoms with Gasteiger partial charge in [0.25, 0.3) is 0 Å². The Morgan fingerprint density at radius 2 is 1.77 bits per heavy atom. The van der Waals surface area contributed by atoms with Crippen LogP contribution in [0.25, 0.3) is 0 Å². The Balaban J connectivity index is 1.15. The van der Waals surface area contributed by atoms with Crippen molar-refractivity contribution < 1.29 is 14.0 Å². The number of carbonyl (C=O) groups excluding carboxylic acids is 2. The molecule has 2 aliphatic heterocycles. The van der Waals surface area contributed by atoms with Crippen LogP contribution in [-0.4, -0.2) is 35.3 Å². The predicted molar refractivity (Wildman–Crippen MR) is 118 cm³/mol. The Bertz CT molecular complexity index is 896. The first-order chi connectivity index (χ1) is 14.6. The van der Waals surface area contributed by atoms with Crippen LogP contribution in [0.2, 0.25) is 0 Å². The molecule has 168 valence electrons. The number of piperidine rings is 1. The number of likely N-dealkylation sites (tertiary alicyclic amines) is 1. The van der Waals surface area contributed by atoms with Gasteiger partial charge in [-0.15, -0.1) is 0 Å². The third-order valence-electron chi connectivity index (χ3n) is 8.66. The lowest BCUT2D eigenvalue weighted by Gasteiger charge is -2.54. The minimum atomic E-state index is -0.0821. The van der Waals surface area contributed by atoms with Gasteiger partial charge in [0, 0.05) is 31.0 Å². The molecule has 2 heterocycles. The van der Waals surface area contributed by atoms with Gasteiger partial charge in [-0.3, -0.25) is 9.59 Å². The van der Waals surface area contributed by atoms with Crippen molar-refractivity contribution in [3.05, 3.63) is 35.1 Å². The predicted octanol–water partition coefficient (Wildman–Crippen LogP) is 4.67. The minimum absolute atomic E-state index is 0.0248. The van der Waals surface area contributed by atoms with Gasteiger partial charge in [0.05, 0.1) is 0 Å². The first-order valence-corrected chi connectivity index (χ1v) is 12.0. The number of hydrogen-bond acceptors (Lipinski definition) is 2. The van der Waals surface area contributed by atoms with Crippen molar-refractivity contribution in [3.8, 4) is 0 Å². The molecule has 2 amide bonds. The summed E-state index contributed by atoms with van der Waals surface area (Å²) < 4.78 is 14.6. The maximum Gasteiger partial charge on any atom is 0.225 e. The fourth-order valence-electron chi connectivity index (χ4n) is 6.53. The first-order valence-electron chi connectivity index (χ1n) is 12.0. The Morgan fingerprint density at radius 3 is 2.35 bits per heavy atom. The molecule has 31 heavy (non-hydrogen) atoms. The van der Waals surface area contributed by atoms with Gasteiger partial charge in [-0.2, -0.15) is 0 Å². The Labute approximate surface area is 185 Å². The topological polar surface area (TPSA) is 49.4 Å². The van der Waals surface area contributed by atoms with E-state index in [1.54, 1.807) is 6.07 Å². The molecule has 2 saturated carbocycles. The fourth-order valence-corrected chi connectivity index (χ4v) is 6.53. The molecule has 4 aliphatic rings. The zero-order valence-electron chi connectivity index (χ0n) is 19.1. The summed E-state index contributed by atoms with van der Waals surface area (Å²) in [5.74, 6) is 0.729. The molecule has 0 unspecified atom stereocenters. The van der Waals surface area contributed by atoms with E-state index in [1.165, 1.54) is 5.56 Å². The number of rotatable bonds is 2. The first kappa shape index (κ1) is 21.0. The van der Waals surface area contributed by atoms with E-state index in [0.29, 0.717) is 12.3 Å². The van der Waals surface area contributed by atoms with E-state index in [4.69, 9.17) is 0 Å². The van der Waals surface area contributed by atoms with Gasteiger partial charge in [0.1, 0.15) is 5.82 Å². The summed E-state index contributed by atoms with van der Waals surface area (Å²) in [7, 11) is 0. The van der Waals surface area contributed by atoms with Gasteiger partial charge in [0.2, 0.25) is 11.8 Å². The largest absolute Gasteiger partial charge is 0.351 e. The van der Waals surface area contributed by atoms with Crippen molar-refractivity contribution in [2.24, 2.45) is 11.3 Å². The molecular weight excluding hydrogens is 391 g/mol. The van der Waals surface area contributed by atoms with Crippen LogP contribution in [-0.2, 0) is 15.0 Å².